The van der Waals surface area contributed by atoms with Gasteiger partial charge in [-0.1, -0.05) is 56.1 Å². The molecular weight excluding hydrogens is 590 g/mol. The average molecular weight is 631 g/mol. The Hall–Kier alpha value is -3.16. The van der Waals surface area contributed by atoms with Crippen LogP contribution in [-0.4, -0.2) is 54.0 Å². The molecule has 4 N–H and O–H groups in total. The van der Waals surface area contributed by atoms with Crippen molar-refractivity contribution in [1.82, 2.24) is 25.9 Å². The van der Waals surface area contributed by atoms with Gasteiger partial charge in [-0.3, -0.25) is 14.9 Å². The van der Waals surface area contributed by atoms with Crippen molar-refractivity contribution in [2.45, 2.75) is 71.4 Å². The maximum Gasteiger partial charge on any atom is 0.119 e. The fourth-order valence-electron chi connectivity index (χ4n) is 5.74. The molecule has 8 nitrogen and oxygen atoms in total. The zero-order chi connectivity index (χ0) is 31.9. The molecule has 1 atom stereocenters. The van der Waals surface area contributed by atoms with Crippen molar-refractivity contribution in [3.63, 3.8) is 0 Å². The van der Waals surface area contributed by atoms with Crippen LogP contribution in [0, 0.1) is 16.7 Å². The van der Waals surface area contributed by atoms with Crippen LogP contribution < -0.4 is 21.6 Å². The predicted molar refractivity (Wildman–Crippen MR) is 182 cm³/mol. The van der Waals surface area contributed by atoms with Crippen molar-refractivity contribution in [2.75, 3.05) is 30.3 Å². The zero-order valence-electron chi connectivity index (χ0n) is 26.4. The molecule has 2 radical (unpaired) electrons. The predicted octanol–water partition coefficient (Wildman–Crippen LogP) is 6.73. The monoisotopic (exact) mass is 630 g/mol. The first-order chi connectivity index (χ1) is 20.7. The molecule has 0 bridgehead atoms. The van der Waals surface area contributed by atoms with Crippen LogP contribution in [0.2, 0.25) is 10.0 Å². The molecule has 2 aromatic carbocycles. The van der Waals surface area contributed by atoms with E-state index >= 15 is 0 Å². The van der Waals surface area contributed by atoms with E-state index in [-0.39, 0.29) is 11.0 Å². The lowest BCUT2D eigenvalue weighted by Gasteiger charge is -2.42. The summed E-state index contributed by atoms with van der Waals surface area (Å²) in [5.74, 6) is 0. The molecule has 0 aliphatic carbocycles. The highest BCUT2D eigenvalue weighted by atomic mass is 35.5. The summed E-state index contributed by atoms with van der Waals surface area (Å²) >= 11 is 13.1. The summed E-state index contributed by atoms with van der Waals surface area (Å²) in [4.78, 5) is 7.04. The van der Waals surface area contributed by atoms with E-state index in [2.05, 4.69) is 84.1 Å². The van der Waals surface area contributed by atoms with E-state index < -0.39 is 5.44 Å². The average Bonchev–Trinajstić information content (AvgIpc) is 3.46. The SMILES string of the molecule is [B]C(Nc1cc(Cl)c2ncc(C#N)c(NCC(C)(C)C)c2c1)(C1=CN(C2CCN(C(C)(C)C)CC2)NN1)c1ccc(Cl)cc1. The number of benzene rings is 2. The van der Waals surface area contributed by atoms with Crippen molar-refractivity contribution >= 4 is 53.3 Å². The summed E-state index contributed by atoms with van der Waals surface area (Å²) in [6, 6.07) is 13.8. The van der Waals surface area contributed by atoms with Crippen LogP contribution >= 0.6 is 23.2 Å². The van der Waals surface area contributed by atoms with Gasteiger partial charge in [-0.15, -0.1) is 5.53 Å². The number of hydrazine groups is 2. The first kappa shape index (κ1) is 32.2. The van der Waals surface area contributed by atoms with E-state index in [9.17, 15) is 5.26 Å². The number of hydrogen-bond acceptors (Lipinski definition) is 8. The minimum absolute atomic E-state index is 0.00811. The van der Waals surface area contributed by atoms with E-state index in [1.165, 1.54) is 0 Å². The number of aromatic nitrogens is 1. The topological polar surface area (TPSA) is 91.3 Å². The van der Waals surface area contributed by atoms with Gasteiger partial charge >= 0.3 is 0 Å². The number of nitriles is 1. The van der Waals surface area contributed by atoms with Crippen molar-refractivity contribution in [3.8, 4) is 6.07 Å². The lowest BCUT2D eigenvalue weighted by molar-refractivity contribution is 0.0570. The van der Waals surface area contributed by atoms with Crippen molar-refractivity contribution < 1.29 is 0 Å². The third-order valence-corrected chi connectivity index (χ3v) is 8.84. The standard InChI is InChI=1S/C33H41BCl2N8/c1-31(2,3)20-39-29-21(17-37)18-38-30-26(29)15-24(16-27(30)36)40-33(34,22-7-9-23(35)10-8-22)28-19-44(42-41-28)25-11-13-43(14-12-25)32(4,5)6/h7-10,15-16,18-19,25,40-42H,11-14,20H2,1-6H3,(H,38,39). The van der Waals surface area contributed by atoms with Crippen molar-refractivity contribution in [3.05, 3.63) is 75.7 Å². The van der Waals surface area contributed by atoms with Gasteiger partial charge < -0.3 is 16.1 Å². The first-order valence-electron chi connectivity index (χ1n) is 15.0. The number of likely N-dealkylation sites (tertiary alicyclic amines) is 1. The molecule has 1 fully saturated rings. The molecule has 11 heteroatoms. The summed E-state index contributed by atoms with van der Waals surface area (Å²) < 4.78 is 0. The fraction of sp³-hybridized carbons (Fsp3) is 0.455. The van der Waals surface area contributed by atoms with E-state index in [1.54, 1.807) is 6.20 Å². The van der Waals surface area contributed by atoms with Gasteiger partial charge in [0.15, 0.2) is 0 Å². The van der Waals surface area contributed by atoms with Crippen LogP contribution in [-0.2, 0) is 5.44 Å². The third-order valence-electron chi connectivity index (χ3n) is 8.30. The summed E-state index contributed by atoms with van der Waals surface area (Å²) in [6.07, 6.45) is 5.67. The third kappa shape index (κ3) is 6.89. The Morgan fingerprint density at radius 1 is 1.07 bits per heavy atom. The van der Waals surface area contributed by atoms with Gasteiger partial charge in [0.25, 0.3) is 0 Å². The second kappa shape index (κ2) is 12.3. The Balaban J connectivity index is 1.51. The maximum absolute atomic E-state index is 9.89. The molecule has 1 aromatic heterocycles. The van der Waals surface area contributed by atoms with E-state index in [1.807, 2.05) is 42.6 Å². The van der Waals surface area contributed by atoms with E-state index in [0.717, 1.165) is 42.6 Å². The van der Waals surface area contributed by atoms with Crippen LogP contribution in [0.4, 0.5) is 11.4 Å². The lowest BCUT2D eigenvalue weighted by atomic mass is 9.69. The number of nitrogens with zero attached hydrogens (tertiary/aromatic N) is 4. The highest BCUT2D eigenvalue weighted by Crippen LogP contribution is 2.38. The minimum atomic E-state index is -1.19. The highest BCUT2D eigenvalue weighted by molar-refractivity contribution is 6.36. The van der Waals surface area contributed by atoms with Crippen molar-refractivity contribution in [1.29, 1.82) is 5.26 Å². The number of rotatable bonds is 7. The molecule has 44 heavy (non-hydrogen) atoms. The minimum Gasteiger partial charge on any atom is -0.383 e. The molecule has 0 saturated carbocycles. The van der Waals surface area contributed by atoms with Gasteiger partial charge in [0.2, 0.25) is 0 Å². The summed E-state index contributed by atoms with van der Waals surface area (Å²) in [7, 11) is 7.30. The number of nitrogens with one attached hydrogen (secondary N) is 4. The molecule has 3 heterocycles. The van der Waals surface area contributed by atoms with Gasteiger partial charge in [0.1, 0.15) is 13.9 Å². The van der Waals surface area contributed by atoms with Crippen LogP contribution in [0.1, 0.15) is 65.5 Å². The Bertz CT molecular complexity index is 1580. The zero-order valence-corrected chi connectivity index (χ0v) is 27.9. The van der Waals surface area contributed by atoms with Crippen LogP contribution in [0.5, 0.6) is 0 Å². The molecule has 2 aliphatic heterocycles. The number of anilines is 2. The van der Waals surface area contributed by atoms with Crippen LogP contribution in [0.3, 0.4) is 0 Å². The Labute approximate surface area is 272 Å². The van der Waals surface area contributed by atoms with Gasteiger partial charge in [0.05, 0.1) is 32.9 Å². The molecule has 5 rings (SSSR count). The van der Waals surface area contributed by atoms with Gasteiger partial charge in [-0.25, -0.2) is 0 Å². The largest absolute Gasteiger partial charge is 0.383 e. The molecule has 3 aromatic rings. The smallest absolute Gasteiger partial charge is 0.119 e. The second-order valence-corrected chi connectivity index (χ2v) is 14.8. The Kier molecular flexibility index (Phi) is 9.03. The number of piperidine rings is 1. The molecular formula is C33H41BCl2N8. The highest BCUT2D eigenvalue weighted by Gasteiger charge is 2.37. The molecule has 230 valence electrons. The lowest BCUT2D eigenvalue weighted by Crippen LogP contribution is -2.53. The molecule has 1 unspecified atom stereocenters. The van der Waals surface area contributed by atoms with E-state index in [0.29, 0.717) is 45.1 Å². The van der Waals surface area contributed by atoms with Gasteiger partial charge in [-0.05, 0) is 68.9 Å². The Morgan fingerprint density at radius 2 is 1.75 bits per heavy atom. The number of fused-ring (bicyclic) bond motifs is 1. The maximum atomic E-state index is 9.89. The normalized spacial score (nSPS) is 18.0. The summed E-state index contributed by atoms with van der Waals surface area (Å²) in [5, 5.41) is 20.9. The van der Waals surface area contributed by atoms with E-state index in [4.69, 9.17) is 31.0 Å². The number of pyridine rings is 1. The number of hydrogen-bond donors (Lipinski definition) is 4. The molecule has 0 spiro atoms. The molecule has 1 saturated heterocycles. The summed E-state index contributed by atoms with van der Waals surface area (Å²) in [6.45, 7) is 15.9. The van der Waals surface area contributed by atoms with Gasteiger partial charge in [0, 0.05) is 59.7 Å². The first-order valence-corrected chi connectivity index (χ1v) is 15.8. The Morgan fingerprint density at radius 3 is 2.36 bits per heavy atom. The van der Waals surface area contributed by atoms with Crippen LogP contribution in [0.25, 0.3) is 10.9 Å². The van der Waals surface area contributed by atoms with Crippen molar-refractivity contribution in [2.24, 2.45) is 5.41 Å². The van der Waals surface area contributed by atoms with Gasteiger partial charge in [-0.2, -0.15) is 5.26 Å². The molecule has 2 aliphatic rings. The summed E-state index contributed by atoms with van der Waals surface area (Å²) in [5.41, 5.74) is 9.61. The second-order valence-electron chi connectivity index (χ2n) is 13.9. The number of halogens is 2. The molecule has 0 amide bonds. The quantitative estimate of drug-likeness (QED) is 0.214. The van der Waals surface area contributed by atoms with Crippen LogP contribution in [0.15, 0.2) is 54.5 Å². The fourth-order valence-corrected chi connectivity index (χ4v) is 6.13.